The van der Waals surface area contributed by atoms with Crippen LogP contribution in [0.2, 0.25) is 0 Å². The second-order valence-electron chi connectivity index (χ2n) is 11.2. The molecule has 0 aromatic carbocycles. The number of ether oxygens (including phenoxy) is 2. The van der Waals surface area contributed by atoms with Crippen molar-refractivity contribution in [1.82, 2.24) is 0 Å². The lowest BCUT2D eigenvalue weighted by molar-refractivity contribution is -0.177. The third-order valence-electron chi connectivity index (χ3n) is 8.81. The Morgan fingerprint density at radius 2 is 1.83 bits per heavy atom. The highest BCUT2D eigenvalue weighted by Gasteiger charge is 2.62. The maximum absolute atomic E-state index is 13.3. The van der Waals surface area contributed by atoms with E-state index in [1.54, 1.807) is 0 Å². The molecule has 3 rings (SSSR count). The summed E-state index contributed by atoms with van der Waals surface area (Å²) in [5.41, 5.74) is 1.53. The van der Waals surface area contributed by atoms with E-state index < -0.39 is 12.1 Å². The average Bonchev–Trinajstić information content (AvgIpc) is 2.63. The molecule has 2 saturated carbocycles. The summed E-state index contributed by atoms with van der Waals surface area (Å²) in [6.45, 7) is 12.5. The number of aliphatic hydroxyl groups excluding tert-OH is 1. The fourth-order valence-electron chi connectivity index (χ4n) is 7.58. The molecule has 0 saturated heterocycles. The average molecular weight is 421 g/mol. The van der Waals surface area contributed by atoms with Crippen molar-refractivity contribution in [3.05, 3.63) is 11.6 Å². The highest BCUT2D eigenvalue weighted by Crippen LogP contribution is 2.68. The fourth-order valence-corrected chi connectivity index (χ4v) is 7.58. The summed E-state index contributed by atoms with van der Waals surface area (Å²) in [4.78, 5) is 24.5. The van der Waals surface area contributed by atoms with Gasteiger partial charge >= 0.3 is 11.9 Å². The normalized spacial score (nSPS) is 38.5. The number of aliphatic hydroxyl groups is 1. The molecular weight excluding hydrogens is 380 g/mol. The van der Waals surface area contributed by atoms with E-state index in [9.17, 15) is 14.7 Å². The molecule has 5 nitrogen and oxygen atoms in total. The number of hydrogen-bond acceptors (Lipinski definition) is 5. The number of esters is 2. The van der Waals surface area contributed by atoms with Gasteiger partial charge in [-0.15, -0.1) is 0 Å². The molecule has 6 atom stereocenters. The maximum atomic E-state index is 13.3. The van der Waals surface area contributed by atoms with Crippen LogP contribution in [-0.2, 0) is 19.1 Å². The molecule has 0 aromatic rings. The highest BCUT2D eigenvalue weighted by atomic mass is 16.6. The lowest BCUT2D eigenvalue weighted by Gasteiger charge is -2.64. The minimum Gasteiger partial charge on any atom is -0.461 e. The fraction of sp³-hybridized carbons (Fsp3) is 0.840. The largest absolute Gasteiger partial charge is 0.461 e. The van der Waals surface area contributed by atoms with E-state index in [0.717, 1.165) is 24.8 Å². The zero-order valence-corrected chi connectivity index (χ0v) is 19.6. The van der Waals surface area contributed by atoms with Crippen LogP contribution in [-0.4, -0.2) is 36.4 Å². The quantitative estimate of drug-likeness (QED) is 0.517. The van der Waals surface area contributed by atoms with Crippen molar-refractivity contribution in [2.75, 3.05) is 13.2 Å². The van der Waals surface area contributed by atoms with E-state index in [0.29, 0.717) is 17.3 Å². The number of carbonyl (C=O) groups is 2. The monoisotopic (exact) mass is 420 g/mol. The molecular formula is C25H40O5. The molecule has 170 valence electrons. The van der Waals surface area contributed by atoms with Crippen LogP contribution < -0.4 is 0 Å². The molecule has 0 spiro atoms. The number of rotatable bonds is 5. The third-order valence-corrected chi connectivity index (χ3v) is 8.81. The first-order valence-corrected chi connectivity index (χ1v) is 11.6. The van der Waals surface area contributed by atoms with Gasteiger partial charge in [0.1, 0.15) is 6.61 Å². The number of allylic oxidation sites excluding steroid dienone is 1. The first kappa shape index (κ1) is 23.3. The van der Waals surface area contributed by atoms with Crippen LogP contribution >= 0.6 is 0 Å². The van der Waals surface area contributed by atoms with Gasteiger partial charge in [-0.2, -0.15) is 0 Å². The molecule has 2 fully saturated rings. The smallest absolute Gasteiger partial charge is 0.313 e. The van der Waals surface area contributed by atoms with Crippen LogP contribution in [0.3, 0.4) is 0 Å². The van der Waals surface area contributed by atoms with Crippen molar-refractivity contribution in [3.63, 3.8) is 0 Å². The molecule has 1 N–H and O–H groups in total. The highest BCUT2D eigenvalue weighted by molar-refractivity contribution is 5.77. The van der Waals surface area contributed by atoms with E-state index in [2.05, 4.69) is 33.8 Å². The molecule has 0 radical (unpaired) electrons. The summed E-state index contributed by atoms with van der Waals surface area (Å²) in [5.74, 6) is 0.112. The molecule has 3 aliphatic carbocycles. The van der Waals surface area contributed by atoms with Crippen LogP contribution in [0.4, 0.5) is 0 Å². The lowest BCUT2D eigenvalue weighted by atomic mass is 9.40. The van der Waals surface area contributed by atoms with Gasteiger partial charge in [-0.3, -0.25) is 9.59 Å². The standard InChI is InChI=1S/C25H40O5/c1-16-8-9-20-24(5)12-7-11-23(3,4)19(24)10-13-25(20,6)21(16)22(28)29-15-18(14-26)30-17(2)27/h8,18-21,26H,7,9-15H2,1-6H3/t18-,19+,20?,21+,24+,25-/m0/s1. The first-order chi connectivity index (χ1) is 14.0. The Labute approximate surface area is 181 Å². The number of hydrogen-bond donors (Lipinski definition) is 1. The first-order valence-electron chi connectivity index (χ1n) is 11.6. The summed E-state index contributed by atoms with van der Waals surface area (Å²) >= 11 is 0. The molecule has 5 heteroatoms. The van der Waals surface area contributed by atoms with Crippen LogP contribution in [0.25, 0.3) is 0 Å². The molecule has 0 bridgehead atoms. The second-order valence-corrected chi connectivity index (χ2v) is 11.2. The van der Waals surface area contributed by atoms with E-state index in [-0.39, 0.29) is 35.9 Å². The predicted molar refractivity (Wildman–Crippen MR) is 116 cm³/mol. The van der Waals surface area contributed by atoms with E-state index in [1.807, 2.05) is 6.92 Å². The minimum atomic E-state index is -0.810. The summed E-state index contributed by atoms with van der Waals surface area (Å²) in [6.07, 6.45) is 8.43. The van der Waals surface area contributed by atoms with Gasteiger partial charge in [0, 0.05) is 6.92 Å². The summed E-state index contributed by atoms with van der Waals surface area (Å²) in [7, 11) is 0. The van der Waals surface area contributed by atoms with Gasteiger partial charge < -0.3 is 14.6 Å². The van der Waals surface area contributed by atoms with Gasteiger partial charge in [-0.05, 0) is 67.1 Å². The topological polar surface area (TPSA) is 72.8 Å². The van der Waals surface area contributed by atoms with Crippen molar-refractivity contribution < 1.29 is 24.2 Å². The van der Waals surface area contributed by atoms with Gasteiger partial charge in [0.05, 0.1) is 12.5 Å². The zero-order valence-electron chi connectivity index (χ0n) is 19.6. The Morgan fingerprint density at radius 3 is 2.47 bits per heavy atom. The molecule has 0 aliphatic heterocycles. The molecule has 3 aliphatic rings. The molecule has 0 heterocycles. The van der Waals surface area contributed by atoms with Gasteiger partial charge in [-0.1, -0.05) is 45.8 Å². The van der Waals surface area contributed by atoms with Gasteiger partial charge in [0.2, 0.25) is 0 Å². The summed E-state index contributed by atoms with van der Waals surface area (Å²) in [5, 5.41) is 9.42. The van der Waals surface area contributed by atoms with Gasteiger partial charge in [0.25, 0.3) is 0 Å². The van der Waals surface area contributed by atoms with Crippen molar-refractivity contribution in [1.29, 1.82) is 0 Å². The maximum Gasteiger partial charge on any atom is 0.313 e. The third kappa shape index (κ3) is 3.94. The second kappa shape index (κ2) is 8.29. The summed E-state index contributed by atoms with van der Waals surface area (Å²) in [6, 6.07) is 0. The lowest BCUT2D eigenvalue weighted by Crippen LogP contribution is -2.58. The van der Waals surface area contributed by atoms with Gasteiger partial charge in [-0.25, -0.2) is 0 Å². The van der Waals surface area contributed by atoms with Crippen molar-refractivity contribution in [2.45, 2.75) is 86.2 Å². The van der Waals surface area contributed by atoms with Crippen LogP contribution in [0.15, 0.2) is 11.6 Å². The molecule has 1 unspecified atom stereocenters. The zero-order chi connectivity index (χ0) is 22.3. The predicted octanol–water partition coefficient (Wildman–Crippen LogP) is 4.67. The van der Waals surface area contributed by atoms with Crippen LogP contribution in [0.1, 0.15) is 80.1 Å². The summed E-state index contributed by atoms with van der Waals surface area (Å²) < 4.78 is 10.6. The molecule has 30 heavy (non-hydrogen) atoms. The number of fused-ring (bicyclic) bond motifs is 3. The Kier molecular flexibility index (Phi) is 6.44. The van der Waals surface area contributed by atoms with Gasteiger partial charge in [0.15, 0.2) is 6.10 Å². The number of carbonyl (C=O) groups excluding carboxylic acids is 2. The van der Waals surface area contributed by atoms with Crippen molar-refractivity contribution >= 4 is 11.9 Å². The van der Waals surface area contributed by atoms with Crippen LogP contribution in [0, 0.1) is 34.0 Å². The van der Waals surface area contributed by atoms with Crippen molar-refractivity contribution in [2.24, 2.45) is 34.0 Å². The van der Waals surface area contributed by atoms with Crippen molar-refractivity contribution in [3.8, 4) is 0 Å². The Balaban J connectivity index is 1.83. The Morgan fingerprint density at radius 1 is 1.13 bits per heavy atom. The Hall–Kier alpha value is -1.36. The minimum absolute atomic E-state index is 0.105. The molecule has 0 amide bonds. The van der Waals surface area contributed by atoms with Crippen LogP contribution in [0.5, 0.6) is 0 Å². The van der Waals surface area contributed by atoms with E-state index >= 15 is 0 Å². The SMILES string of the molecule is CC(=O)O[C@@H](CO)COC(=O)[C@H]1C(C)=CCC2[C@]1(C)CC[C@@H]1C(C)(C)CCC[C@@]21C. The van der Waals surface area contributed by atoms with E-state index in [1.165, 1.54) is 26.2 Å². The molecule has 0 aromatic heterocycles. The van der Waals surface area contributed by atoms with E-state index in [4.69, 9.17) is 9.47 Å². The Bertz CT molecular complexity index is 710.